The van der Waals surface area contributed by atoms with E-state index in [4.69, 9.17) is 0 Å². The quantitative estimate of drug-likeness (QED) is 0.374. The van der Waals surface area contributed by atoms with Crippen molar-refractivity contribution in [1.29, 1.82) is 0 Å². The van der Waals surface area contributed by atoms with Gasteiger partial charge in [-0.2, -0.15) is 18.2 Å². The first kappa shape index (κ1) is 30.6. The molecule has 4 rings (SSSR count). The molecule has 0 atom stereocenters. The van der Waals surface area contributed by atoms with E-state index in [1.807, 2.05) is 13.8 Å². The fraction of sp³-hybridized carbons (Fsp3) is 0.577. The minimum absolute atomic E-state index is 0.0778. The number of aryl methyl sites for hydroxylation is 1. The number of anilines is 2. The van der Waals surface area contributed by atoms with Crippen LogP contribution < -0.4 is 15.6 Å². The van der Waals surface area contributed by atoms with Gasteiger partial charge in [-0.15, -0.1) is 0 Å². The number of pyridine rings is 1. The Hall–Kier alpha value is -3.33. The van der Waals surface area contributed by atoms with E-state index in [-0.39, 0.29) is 23.6 Å². The Morgan fingerprint density at radius 1 is 1.10 bits per heavy atom. The Morgan fingerprint density at radius 2 is 1.78 bits per heavy atom. The van der Waals surface area contributed by atoms with Gasteiger partial charge in [0, 0.05) is 29.9 Å². The number of sulfonamides is 1. The Kier molecular flexibility index (Phi) is 8.87. The number of hydrogen-bond donors (Lipinski definition) is 2. The van der Waals surface area contributed by atoms with Crippen molar-refractivity contribution >= 4 is 33.0 Å². The average molecular weight is 597 g/mol. The molecule has 0 aliphatic heterocycles. The van der Waals surface area contributed by atoms with Gasteiger partial charge in [0.15, 0.2) is 5.65 Å². The van der Waals surface area contributed by atoms with Gasteiger partial charge in [0.25, 0.3) is 5.56 Å². The van der Waals surface area contributed by atoms with Gasteiger partial charge in [-0.05, 0) is 72.2 Å². The molecular weight excluding hydrogens is 561 g/mol. The zero-order valence-electron chi connectivity index (χ0n) is 23.7. The SMILES string of the molecule is Cc1cc(NS(=O)(=O)CCC(F)(F)F)ncc1-c1nc2cnc(NC3CCC(N(C)C)CC3)nc2n(C(C)C)c1=O. The Morgan fingerprint density at radius 3 is 2.37 bits per heavy atom. The highest BCUT2D eigenvalue weighted by Gasteiger charge is 2.30. The molecule has 0 radical (unpaired) electrons. The lowest BCUT2D eigenvalue weighted by molar-refractivity contribution is -0.129. The summed E-state index contributed by atoms with van der Waals surface area (Å²) in [6, 6.07) is 1.87. The molecule has 15 heteroatoms. The zero-order valence-corrected chi connectivity index (χ0v) is 24.5. The van der Waals surface area contributed by atoms with E-state index in [9.17, 15) is 26.4 Å². The number of rotatable bonds is 9. The van der Waals surface area contributed by atoms with Gasteiger partial charge in [-0.1, -0.05) is 0 Å². The molecule has 3 aromatic heterocycles. The van der Waals surface area contributed by atoms with Crippen molar-refractivity contribution in [3.8, 4) is 11.3 Å². The fourth-order valence-electron chi connectivity index (χ4n) is 4.96. The molecule has 0 bridgehead atoms. The molecular formula is C26H35F3N8O3S. The molecule has 0 spiro atoms. The van der Waals surface area contributed by atoms with E-state index >= 15 is 0 Å². The Balaban J connectivity index is 1.62. The summed E-state index contributed by atoms with van der Waals surface area (Å²) in [7, 11) is -0.0959. The number of alkyl halides is 3. The van der Waals surface area contributed by atoms with E-state index in [1.54, 1.807) is 13.1 Å². The van der Waals surface area contributed by atoms with Crippen LogP contribution in [-0.2, 0) is 10.0 Å². The van der Waals surface area contributed by atoms with Crippen molar-refractivity contribution < 1.29 is 21.6 Å². The largest absolute Gasteiger partial charge is 0.390 e. The molecule has 3 heterocycles. The fourth-order valence-corrected chi connectivity index (χ4v) is 6.00. The van der Waals surface area contributed by atoms with Crippen LogP contribution in [0.25, 0.3) is 22.4 Å². The van der Waals surface area contributed by atoms with E-state index in [0.717, 1.165) is 25.7 Å². The Labute approximate surface area is 236 Å². The molecule has 11 nitrogen and oxygen atoms in total. The minimum Gasteiger partial charge on any atom is -0.351 e. The molecule has 2 N–H and O–H groups in total. The molecule has 0 amide bonds. The van der Waals surface area contributed by atoms with Gasteiger partial charge in [0.2, 0.25) is 16.0 Å². The summed E-state index contributed by atoms with van der Waals surface area (Å²) in [5, 5.41) is 3.40. The second-order valence-corrected chi connectivity index (χ2v) is 12.8. The van der Waals surface area contributed by atoms with Gasteiger partial charge < -0.3 is 10.2 Å². The molecule has 1 aliphatic carbocycles. The molecule has 1 saturated carbocycles. The first-order valence-corrected chi connectivity index (χ1v) is 15.1. The second-order valence-electron chi connectivity index (χ2n) is 10.9. The third kappa shape index (κ3) is 7.50. The van der Waals surface area contributed by atoms with E-state index in [0.29, 0.717) is 34.3 Å². The predicted molar refractivity (Wildman–Crippen MR) is 151 cm³/mol. The lowest BCUT2D eigenvalue weighted by Crippen LogP contribution is -2.36. The van der Waals surface area contributed by atoms with Crippen LogP contribution in [0.5, 0.6) is 0 Å². The van der Waals surface area contributed by atoms with Crippen LogP contribution in [0.15, 0.2) is 23.3 Å². The lowest BCUT2D eigenvalue weighted by atomic mass is 9.91. The highest BCUT2D eigenvalue weighted by molar-refractivity contribution is 7.92. The van der Waals surface area contributed by atoms with Gasteiger partial charge >= 0.3 is 6.18 Å². The third-order valence-electron chi connectivity index (χ3n) is 7.19. The first-order chi connectivity index (χ1) is 19.1. The first-order valence-electron chi connectivity index (χ1n) is 13.4. The number of halogens is 3. The van der Waals surface area contributed by atoms with E-state index in [1.165, 1.54) is 16.8 Å². The summed E-state index contributed by atoms with van der Waals surface area (Å²) in [5.74, 6) is -0.857. The number of aromatic nitrogens is 5. The van der Waals surface area contributed by atoms with Crippen LogP contribution >= 0.6 is 0 Å². The standard InChI is InChI=1S/C26H35F3N8O3S/c1-15(2)37-23-20(14-31-25(34-23)32-17-6-8-18(9-7-17)36(4)5)33-22(24(37)38)19-13-30-21(12-16(19)3)35-41(39,40)11-10-26(27,28)29/h12-15,17-18H,6-11H2,1-5H3,(H,30,35)(H,31,32,34). The molecule has 41 heavy (non-hydrogen) atoms. The lowest BCUT2D eigenvalue weighted by Gasteiger charge is -2.32. The monoisotopic (exact) mass is 596 g/mol. The van der Waals surface area contributed by atoms with Crippen LogP contribution in [0.1, 0.15) is 57.6 Å². The third-order valence-corrected chi connectivity index (χ3v) is 8.45. The van der Waals surface area contributed by atoms with E-state index < -0.39 is 33.9 Å². The smallest absolute Gasteiger partial charge is 0.351 e. The van der Waals surface area contributed by atoms with Crippen molar-refractivity contribution in [2.75, 3.05) is 29.9 Å². The number of nitrogens with one attached hydrogen (secondary N) is 2. The second kappa shape index (κ2) is 11.9. The molecule has 3 aromatic rings. The molecule has 0 unspecified atom stereocenters. The van der Waals surface area contributed by atoms with Crippen LogP contribution in [-0.4, -0.2) is 75.9 Å². The summed E-state index contributed by atoms with van der Waals surface area (Å²) in [6.07, 6.45) is 0.861. The zero-order chi connectivity index (χ0) is 30.1. The molecule has 1 aliphatic rings. The summed E-state index contributed by atoms with van der Waals surface area (Å²) in [6.45, 7) is 5.34. The van der Waals surface area contributed by atoms with Crippen molar-refractivity contribution in [1.82, 2.24) is 29.4 Å². The molecule has 0 aromatic carbocycles. The molecule has 1 fully saturated rings. The number of fused-ring (bicyclic) bond motifs is 1. The van der Waals surface area contributed by atoms with Crippen molar-refractivity contribution in [2.24, 2.45) is 0 Å². The summed E-state index contributed by atoms with van der Waals surface area (Å²) in [4.78, 5) is 33.5. The van der Waals surface area contributed by atoms with Gasteiger partial charge in [0.05, 0.1) is 18.4 Å². The van der Waals surface area contributed by atoms with Gasteiger partial charge in [-0.3, -0.25) is 14.1 Å². The van der Waals surface area contributed by atoms with Crippen molar-refractivity contribution in [3.63, 3.8) is 0 Å². The van der Waals surface area contributed by atoms with Crippen LogP contribution in [0.3, 0.4) is 0 Å². The normalized spacial score (nSPS) is 18.3. The summed E-state index contributed by atoms with van der Waals surface area (Å²) >= 11 is 0. The van der Waals surface area contributed by atoms with Crippen LogP contribution in [0.2, 0.25) is 0 Å². The number of hydrogen-bond acceptors (Lipinski definition) is 9. The predicted octanol–water partition coefficient (Wildman–Crippen LogP) is 4.12. The summed E-state index contributed by atoms with van der Waals surface area (Å²) in [5.41, 5.74) is 1.25. The summed E-state index contributed by atoms with van der Waals surface area (Å²) < 4.78 is 65.2. The average Bonchev–Trinajstić information content (AvgIpc) is 2.87. The molecule has 224 valence electrons. The van der Waals surface area contributed by atoms with Crippen LogP contribution in [0, 0.1) is 6.92 Å². The van der Waals surface area contributed by atoms with E-state index in [2.05, 4.69) is 49.0 Å². The van der Waals surface area contributed by atoms with Gasteiger partial charge in [0.1, 0.15) is 17.0 Å². The topological polar surface area (TPSA) is 135 Å². The van der Waals surface area contributed by atoms with Gasteiger partial charge in [-0.25, -0.2) is 23.4 Å². The maximum Gasteiger partial charge on any atom is 0.390 e. The van der Waals surface area contributed by atoms with Crippen LogP contribution in [0.4, 0.5) is 24.9 Å². The maximum absolute atomic E-state index is 13.6. The highest BCUT2D eigenvalue weighted by atomic mass is 32.2. The highest BCUT2D eigenvalue weighted by Crippen LogP contribution is 2.27. The molecule has 0 saturated heterocycles. The van der Waals surface area contributed by atoms with Crippen molar-refractivity contribution in [2.45, 2.75) is 77.2 Å². The van der Waals surface area contributed by atoms with Crippen molar-refractivity contribution in [3.05, 3.63) is 34.4 Å². The maximum atomic E-state index is 13.6. The minimum atomic E-state index is -4.61. The Bertz CT molecular complexity index is 1570. The number of nitrogens with zero attached hydrogens (tertiary/aromatic N) is 6.